The number of hydrogen-bond donors (Lipinski definition) is 1. The molecule has 100 valence electrons. The minimum Gasteiger partial charge on any atom is -0.394 e. The Labute approximate surface area is 102 Å². The van der Waals surface area contributed by atoms with Crippen LogP contribution in [0.3, 0.4) is 0 Å². The molecule has 6 nitrogen and oxygen atoms in total. The summed E-state index contributed by atoms with van der Waals surface area (Å²) in [4.78, 5) is 0. The van der Waals surface area contributed by atoms with Crippen LogP contribution < -0.4 is 0 Å². The Morgan fingerprint density at radius 2 is 2.00 bits per heavy atom. The summed E-state index contributed by atoms with van der Waals surface area (Å²) in [5.74, 6) is 0.0468. The number of aliphatic hydroxyl groups excluding tert-OH is 1. The SMILES string of the molecule is O=S(=O)(CC1CCCO1)N1CCOC(CO)C1. The molecule has 17 heavy (non-hydrogen) atoms. The molecule has 0 amide bonds. The van der Waals surface area contributed by atoms with Crippen LogP contribution in [-0.2, 0) is 19.5 Å². The number of ether oxygens (including phenoxy) is 2. The molecule has 2 heterocycles. The molecular formula is C10H19NO5S. The molecule has 2 unspecified atom stereocenters. The third-order valence-electron chi connectivity index (χ3n) is 3.12. The van der Waals surface area contributed by atoms with Gasteiger partial charge in [-0.2, -0.15) is 4.31 Å². The molecule has 2 aliphatic heterocycles. The highest BCUT2D eigenvalue weighted by molar-refractivity contribution is 7.89. The second kappa shape index (κ2) is 5.62. The van der Waals surface area contributed by atoms with Gasteiger partial charge in [0.15, 0.2) is 0 Å². The third-order valence-corrected chi connectivity index (χ3v) is 5.03. The molecule has 0 bridgehead atoms. The lowest BCUT2D eigenvalue weighted by Crippen LogP contribution is -2.48. The van der Waals surface area contributed by atoms with Crippen LogP contribution in [0.25, 0.3) is 0 Å². The van der Waals surface area contributed by atoms with Crippen molar-refractivity contribution in [2.24, 2.45) is 0 Å². The minimum atomic E-state index is -3.29. The first-order valence-electron chi connectivity index (χ1n) is 5.94. The molecule has 0 aromatic rings. The summed E-state index contributed by atoms with van der Waals surface area (Å²) in [6, 6.07) is 0. The molecule has 2 rings (SSSR count). The molecule has 1 N–H and O–H groups in total. The van der Waals surface area contributed by atoms with Crippen LogP contribution in [0.1, 0.15) is 12.8 Å². The van der Waals surface area contributed by atoms with E-state index in [2.05, 4.69) is 0 Å². The Hall–Kier alpha value is -0.210. The van der Waals surface area contributed by atoms with Gasteiger partial charge in [0.05, 0.1) is 31.2 Å². The van der Waals surface area contributed by atoms with E-state index in [4.69, 9.17) is 14.6 Å². The van der Waals surface area contributed by atoms with E-state index in [-0.39, 0.29) is 25.0 Å². The Morgan fingerprint density at radius 1 is 1.24 bits per heavy atom. The van der Waals surface area contributed by atoms with Gasteiger partial charge in [0.25, 0.3) is 0 Å². The van der Waals surface area contributed by atoms with E-state index < -0.39 is 16.1 Å². The fourth-order valence-electron chi connectivity index (χ4n) is 2.17. The van der Waals surface area contributed by atoms with E-state index in [1.165, 1.54) is 4.31 Å². The van der Waals surface area contributed by atoms with Crippen LogP contribution in [0.15, 0.2) is 0 Å². The van der Waals surface area contributed by atoms with E-state index in [1.807, 2.05) is 0 Å². The number of morpholine rings is 1. The maximum Gasteiger partial charge on any atom is 0.216 e. The lowest BCUT2D eigenvalue weighted by Gasteiger charge is -2.31. The molecule has 0 radical (unpaired) electrons. The predicted molar refractivity (Wildman–Crippen MR) is 61.2 cm³/mol. The van der Waals surface area contributed by atoms with Crippen molar-refractivity contribution in [3.8, 4) is 0 Å². The van der Waals surface area contributed by atoms with Gasteiger partial charge in [-0.1, -0.05) is 0 Å². The Morgan fingerprint density at radius 3 is 2.65 bits per heavy atom. The quantitative estimate of drug-likeness (QED) is 0.719. The fourth-order valence-corrected chi connectivity index (χ4v) is 3.86. The summed E-state index contributed by atoms with van der Waals surface area (Å²) in [5, 5.41) is 8.99. The van der Waals surface area contributed by atoms with Gasteiger partial charge >= 0.3 is 0 Å². The maximum atomic E-state index is 12.1. The van der Waals surface area contributed by atoms with Gasteiger partial charge in [0.1, 0.15) is 0 Å². The van der Waals surface area contributed by atoms with Crippen LogP contribution in [0, 0.1) is 0 Å². The Balaban J connectivity index is 1.94. The molecule has 0 saturated carbocycles. The molecule has 7 heteroatoms. The molecular weight excluding hydrogens is 246 g/mol. The van der Waals surface area contributed by atoms with Crippen molar-refractivity contribution in [1.82, 2.24) is 4.31 Å². The largest absolute Gasteiger partial charge is 0.394 e. The summed E-state index contributed by atoms with van der Waals surface area (Å²) in [6.45, 7) is 1.46. The highest BCUT2D eigenvalue weighted by Crippen LogP contribution is 2.17. The van der Waals surface area contributed by atoms with E-state index in [1.54, 1.807) is 0 Å². The lowest BCUT2D eigenvalue weighted by molar-refractivity contribution is -0.0307. The first-order chi connectivity index (χ1) is 8.12. The van der Waals surface area contributed by atoms with Gasteiger partial charge in [-0.05, 0) is 12.8 Å². The van der Waals surface area contributed by atoms with Gasteiger partial charge in [-0.3, -0.25) is 0 Å². The van der Waals surface area contributed by atoms with Crippen LogP contribution in [0.5, 0.6) is 0 Å². The lowest BCUT2D eigenvalue weighted by atomic mass is 10.3. The van der Waals surface area contributed by atoms with Crippen molar-refractivity contribution in [2.45, 2.75) is 25.0 Å². The molecule has 2 aliphatic rings. The topological polar surface area (TPSA) is 76.1 Å². The fraction of sp³-hybridized carbons (Fsp3) is 1.00. The number of hydrogen-bond acceptors (Lipinski definition) is 5. The Bertz CT molecular complexity index is 339. The monoisotopic (exact) mass is 265 g/mol. The van der Waals surface area contributed by atoms with Gasteiger partial charge in [-0.25, -0.2) is 8.42 Å². The zero-order valence-electron chi connectivity index (χ0n) is 9.75. The molecule has 0 aliphatic carbocycles. The van der Waals surface area contributed by atoms with Gasteiger partial charge < -0.3 is 14.6 Å². The van der Waals surface area contributed by atoms with E-state index in [0.29, 0.717) is 19.8 Å². The number of aliphatic hydroxyl groups is 1. The number of sulfonamides is 1. The smallest absolute Gasteiger partial charge is 0.216 e. The second-order valence-electron chi connectivity index (χ2n) is 4.45. The van der Waals surface area contributed by atoms with Crippen LogP contribution in [-0.4, -0.2) is 68.7 Å². The average molecular weight is 265 g/mol. The van der Waals surface area contributed by atoms with E-state index in [0.717, 1.165) is 12.8 Å². The first kappa shape index (κ1) is 13.2. The summed E-state index contributed by atoms with van der Waals surface area (Å²) in [7, 11) is -3.29. The summed E-state index contributed by atoms with van der Waals surface area (Å²) in [5.41, 5.74) is 0. The molecule has 2 saturated heterocycles. The van der Waals surface area contributed by atoms with Gasteiger partial charge in [0, 0.05) is 19.7 Å². The van der Waals surface area contributed by atoms with Crippen molar-refractivity contribution in [3.63, 3.8) is 0 Å². The van der Waals surface area contributed by atoms with E-state index >= 15 is 0 Å². The van der Waals surface area contributed by atoms with Crippen molar-refractivity contribution in [2.75, 3.05) is 38.7 Å². The number of rotatable bonds is 4. The van der Waals surface area contributed by atoms with Gasteiger partial charge in [-0.15, -0.1) is 0 Å². The second-order valence-corrected chi connectivity index (χ2v) is 6.46. The minimum absolute atomic E-state index is 0.0468. The highest BCUT2D eigenvalue weighted by atomic mass is 32.2. The molecule has 2 fully saturated rings. The Kier molecular flexibility index (Phi) is 4.37. The summed E-state index contributed by atoms with van der Waals surface area (Å²) >= 11 is 0. The molecule has 0 aromatic carbocycles. The van der Waals surface area contributed by atoms with Crippen molar-refractivity contribution in [3.05, 3.63) is 0 Å². The highest BCUT2D eigenvalue weighted by Gasteiger charge is 2.32. The molecule has 0 aromatic heterocycles. The maximum absolute atomic E-state index is 12.1. The van der Waals surface area contributed by atoms with E-state index in [9.17, 15) is 8.42 Å². The zero-order valence-corrected chi connectivity index (χ0v) is 10.6. The van der Waals surface area contributed by atoms with Gasteiger partial charge in [0.2, 0.25) is 10.0 Å². The molecule has 2 atom stereocenters. The van der Waals surface area contributed by atoms with Crippen LogP contribution in [0.4, 0.5) is 0 Å². The summed E-state index contributed by atoms with van der Waals surface area (Å²) in [6.07, 6.45) is 1.17. The van der Waals surface area contributed by atoms with Crippen molar-refractivity contribution >= 4 is 10.0 Å². The van der Waals surface area contributed by atoms with Crippen LogP contribution >= 0.6 is 0 Å². The normalized spacial score (nSPS) is 31.8. The molecule has 0 spiro atoms. The van der Waals surface area contributed by atoms with Crippen LogP contribution in [0.2, 0.25) is 0 Å². The van der Waals surface area contributed by atoms with Crippen molar-refractivity contribution in [1.29, 1.82) is 0 Å². The standard InChI is InChI=1S/C10H19NO5S/c12-7-10-6-11(3-5-16-10)17(13,14)8-9-2-1-4-15-9/h9-10,12H,1-8H2. The summed E-state index contributed by atoms with van der Waals surface area (Å²) < 4.78 is 36.2. The first-order valence-corrected chi connectivity index (χ1v) is 7.54. The third kappa shape index (κ3) is 3.38. The predicted octanol–water partition coefficient (Wildman–Crippen LogP) is -0.812. The number of nitrogens with zero attached hydrogens (tertiary/aromatic N) is 1. The zero-order chi connectivity index (χ0) is 12.3. The average Bonchev–Trinajstić information content (AvgIpc) is 2.81. The van der Waals surface area contributed by atoms with Crippen molar-refractivity contribution < 1.29 is 23.0 Å².